The zero-order valence-corrected chi connectivity index (χ0v) is 8.69. The average molecular weight is 271 g/mol. The molecule has 18 heavy (non-hydrogen) atoms. The summed E-state index contributed by atoms with van der Waals surface area (Å²) in [6.45, 7) is -0.623. The van der Waals surface area contributed by atoms with Crippen molar-refractivity contribution in [2.45, 2.75) is 18.9 Å². The van der Waals surface area contributed by atoms with Gasteiger partial charge in [0.15, 0.2) is 0 Å². The molecule has 1 amide bonds. The summed E-state index contributed by atoms with van der Waals surface area (Å²) >= 11 is 0. The van der Waals surface area contributed by atoms with Gasteiger partial charge in [-0.15, -0.1) is 0 Å². The van der Waals surface area contributed by atoms with Crippen LogP contribution >= 0.6 is 0 Å². The van der Waals surface area contributed by atoms with Crippen molar-refractivity contribution < 1.29 is 31.1 Å². The van der Waals surface area contributed by atoms with Crippen LogP contribution in [0.15, 0.2) is 24.3 Å². The second-order valence-corrected chi connectivity index (χ2v) is 3.38. The third-order valence-corrected chi connectivity index (χ3v) is 1.96. The monoisotopic (exact) mass is 271 g/mol. The average Bonchev–Trinajstić information content (AvgIpc) is 2.23. The number of halogens is 6. The van der Waals surface area contributed by atoms with Crippen LogP contribution in [0.3, 0.4) is 0 Å². The molecule has 0 bridgehead atoms. The topological polar surface area (TPSA) is 29.1 Å². The standard InChI is InChI=1S/C10H7F6NO/c11-9(12,13)7-3-1-2-6(4-7)5-17-8(18)10(14,15)16/h1-4H,5H2,(H,17,18). The van der Waals surface area contributed by atoms with Gasteiger partial charge in [0.1, 0.15) is 0 Å². The Hall–Kier alpha value is -1.73. The quantitative estimate of drug-likeness (QED) is 0.823. The van der Waals surface area contributed by atoms with Crippen molar-refractivity contribution >= 4 is 5.91 Å². The molecule has 0 aliphatic carbocycles. The van der Waals surface area contributed by atoms with E-state index in [2.05, 4.69) is 0 Å². The Morgan fingerprint density at radius 2 is 1.72 bits per heavy atom. The van der Waals surface area contributed by atoms with Gasteiger partial charge < -0.3 is 5.32 Å². The first-order chi connectivity index (χ1) is 8.10. The Balaban J connectivity index is 2.73. The molecule has 0 aliphatic heterocycles. The maximum absolute atomic E-state index is 12.3. The van der Waals surface area contributed by atoms with Gasteiger partial charge in [0.05, 0.1) is 5.56 Å². The Morgan fingerprint density at radius 1 is 1.11 bits per heavy atom. The van der Waals surface area contributed by atoms with Crippen molar-refractivity contribution in [2.75, 3.05) is 0 Å². The van der Waals surface area contributed by atoms with E-state index >= 15 is 0 Å². The molecule has 0 spiro atoms. The summed E-state index contributed by atoms with van der Waals surface area (Å²) < 4.78 is 72.4. The molecule has 0 unspecified atom stereocenters. The van der Waals surface area contributed by atoms with Crippen LogP contribution in [0.25, 0.3) is 0 Å². The highest BCUT2D eigenvalue weighted by Crippen LogP contribution is 2.29. The minimum Gasteiger partial charge on any atom is -0.344 e. The van der Waals surface area contributed by atoms with E-state index in [-0.39, 0.29) is 5.56 Å². The molecule has 0 fully saturated rings. The van der Waals surface area contributed by atoms with E-state index in [0.717, 1.165) is 12.1 Å². The molecule has 0 saturated heterocycles. The zero-order chi connectivity index (χ0) is 14.0. The molecular weight excluding hydrogens is 264 g/mol. The molecule has 1 aromatic carbocycles. The van der Waals surface area contributed by atoms with Crippen LogP contribution in [-0.4, -0.2) is 12.1 Å². The number of alkyl halides is 6. The Labute approximate surface area is 97.6 Å². The lowest BCUT2D eigenvalue weighted by Gasteiger charge is -2.10. The molecule has 0 saturated carbocycles. The number of carbonyl (C=O) groups is 1. The van der Waals surface area contributed by atoms with E-state index in [1.807, 2.05) is 0 Å². The van der Waals surface area contributed by atoms with E-state index in [1.165, 1.54) is 11.4 Å². The highest BCUT2D eigenvalue weighted by molar-refractivity contribution is 5.81. The summed E-state index contributed by atoms with van der Waals surface area (Å²) in [5.41, 5.74) is -1.05. The fourth-order valence-corrected chi connectivity index (χ4v) is 1.14. The van der Waals surface area contributed by atoms with Gasteiger partial charge in [-0.1, -0.05) is 12.1 Å². The van der Waals surface area contributed by atoms with E-state index in [0.29, 0.717) is 6.07 Å². The van der Waals surface area contributed by atoms with Gasteiger partial charge >= 0.3 is 18.3 Å². The van der Waals surface area contributed by atoms with Crippen LogP contribution < -0.4 is 5.32 Å². The van der Waals surface area contributed by atoms with Crippen LogP contribution in [0.4, 0.5) is 26.3 Å². The molecule has 1 aromatic rings. The SMILES string of the molecule is O=C(NCc1cccc(C(F)(F)F)c1)C(F)(F)F. The molecule has 0 aromatic heterocycles. The lowest BCUT2D eigenvalue weighted by molar-refractivity contribution is -0.173. The summed E-state index contributed by atoms with van der Waals surface area (Å²) in [5.74, 6) is -2.19. The Kier molecular flexibility index (Phi) is 3.88. The zero-order valence-electron chi connectivity index (χ0n) is 8.69. The van der Waals surface area contributed by atoms with Crippen molar-refractivity contribution in [2.24, 2.45) is 0 Å². The largest absolute Gasteiger partial charge is 0.471 e. The Bertz CT molecular complexity index is 437. The van der Waals surface area contributed by atoms with Crippen molar-refractivity contribution in [3.63, 3.8) is 0 Å². The highest BCUT2D eigenvalue weighted by Gasteiger charge is 2.38. The van der Waals surface area contributed by atoms with E-state index in [1.54, 1.807) is 0 Å². The second kappa shape index (κ2) is 4.87. The van der Waals surface area contributed by atoms with E-state index in [4.69, 9.17) is 0 Å². The summed E-state index contributed by atoms with van der Waals surface area (Å²) in [7, 11) is 0. The minimum atomic E-state index is -5.05. The first-order valence-electron chi connectivity index (χ1n) is 4.62. The smallest absolute Gasteiger partial charge is 0.344 e. The summed E-state index contributed by atoms with van der Waals surface area (Å²) in [4.78, 5) is 10.5. The fourth-order valence-electron chi connectivity index (χ4n) is 1.14. The van der Waals surface area contributed by atoms with E-state index in [9.17, 15) is 31.1 Å². The summed E-state index contributed by atoms with van der Waals surface area (Å²) in [6.07, 6.45) is -9.63. The third-order valence-electron chi connectivity index (χ3n) is 1.96. The van der Waals surface area contributed by atoms with Crippen molar-refractivity contribution in [3.05, 3.63) is 35.4 Å². The number of carbonyl (C=O) groups excluding carboxylic acids is 1. The van der Waals surface area contributed by atoms with Crippen molar-refractivity contribution in [3.8, 4) is 0 Å². The van der Waals surface area contributed by atoms with Crippen LogP contribution in [0.2, 0.25) is 0 Å². The van der Waals surface area contributed by atoms with Gasteiger partial charge in [-0.05, 0) is 17.7 Å². The minimum absolute atomic E-state index is 0.0672. The van der Waals surface area contributed by atoms with Gasteiger partial charge in [0.25, 0.3) is 0 Å². The second-order valence-electron chi connectivity index (χ2n) is 3.38. The maximum atomic E-state index is 12.3. The molecule has 8 heteroatoms. The number of hydrogen-bond acceptors (Lipinski definition) is 1. The van der Waals surface area contributed by atoms with Crippen LogP contribution in [0, 0.1) is 0 Å². The first-order valence-corrected chi connectivity index (χ1v) is 4.62. The number of amides is 1. The van der Waals surface area contributed by atoms with E-state index < -0.39 is 30.4 Å². The van der Waals surface area contributed by atoms with Crippen LogP contribution in [0.1, 0.15) is 11.1 Å². The predicted molar refractivity (Wildman–Crippen MR) is 49.3 cm³/mol. The molecule has 0 radical (unpaired) electrons. The Morgan fingerprint density at radius 3 is 2.22 bits per heavy atom. The number of hydrogen-bond donors (Lipinski definition) is 1. The molecular formula is C10H7F6NO. The normalized spacial score (nSPS) is 12.3. The van der Waals surface area contributed by atoms with Gasteiger partial charge in [0.2, 0.25) is 0 Å². The molecule has 100 valence electrons. The number of benzene rings is 1. The molecule has 1 rings (SSSR count). The lowest BCUT2D eigenvalue weighted by Crippen LogP contribution is -2.36. The van der Waals surface area contributed by atoms with Crippen LogP contribution in [-0.2, 0) is 17.5 Å². The summed E-state index contributed by atoms with van der Waals surface area (Å²) in [6, 6.07) is 3.70. The number of rotatable bonds is 2. The van der Waals surface area contributed by atoms with Crippen molar-refractivity contribution in [1.29, 1.82) is 0 Å². The highest BCUT2D eigenvalue weighted by atomic mass is 19.4. The summed E-state index contributed by atoms with van der Waals surface area (Å²) in [5, 5.41) is 1.49. The first kappa shape index (κ1) is 14.3. The fraction of sp³-hybridized carbons (Fsp3) is 0.300. The van der Waals surface area contributed by atoms with Gasteiger partial charge in [-0.2, -0.15) is 26.3 Å². The van der Waals surface area contributed by atoms with Crippen LogP contribution in [0.5, 0.6) is 0 Å². The lowest BCUT2D eigenvalue weighted by atomic mass is 10.1. The molecule has 0 aliphatic rings. The van der Waals surface area contributed by atoms with Gasteiger partial charge in [0, 0.05) is 6.54 Å². The third kappa shape index (κ3) is 3.94. The molecule has 1 N–H and O–H groups in total. The molecule has 0 atom stereocenters. The molecule has 0 heterocycles. The van der Waals surface area contributed by atoms with Crippen molar-refractivity contribution in [1.82, 2.24) is 5.32 Å². The van der Waals surface area contributed by atoms with Gasteiger partial charge in [-0.25, -0.2) is 0 Å². The van der Waals surface area contributed by atoms with Gasteiger partial charge in [-0.3, -0.25) is 4.79 Å². The molecule has 2 nitrogen and oxygen atoms in total. The number of nitrogens with one attached hydrogen (secondary N) is 1. The maximum Gasteiger partial charge on any atom is 0.471 e. The predicted octanol–water partition coefficient (Wildman–Crippen LogP) is 2.88.